The third-order valence-corrected chi connectivity index (χ3v) is 5.00. The molecule has 134 valence electrons. The number of ether oxygens (including phenoxy) is 1. The van der Waals surface area contributed by atoms with E-state index in [2.05, 4.69) is 4.98 Å². The molecule has 0 unspecified atom stereocenters. The molecule has 0 saturated heterocycles. The molecule has 9 heteroatoms. The number of nitrogens with zero attached hydrogens (tertiary/aromatic N) is 2. The van der Waals surface area contributed by atoms with Gasteiger partial charge in [-0.25, -0.2) is 4.98 Å². The summed E-state index contributed by atoms with van der Waals surface area (Å²) in [7, 11) is 0. The molecule has 25 heavy (non-hydrogen) atoms. The van der Waals surface area contributed by atoms with Crippen LogP contribution in [0.4, 0.5) is 13.2 Å². The van der Waals surface area contributed by atoms with Crippen molar-refractivity contribution < 1.29 is 22.7 Å². The number of benzene rings is 1. The topological polar surface area (TPSA) is 42.4 Å². The van der Waals surface area contributed by atoms with E-state index in [-0.39, 0.29) is 26.1 Å². The lowest BCUT2D eigenvalue weighted by Crippen LogP contribution is -2.42. The predicted octanol–water partition coefficient (Wildman–Crippen LogP) is 3.87. The molecule has 1 aromatic heterocycles. The Balaban J connectivity index is 1.80. The van der Waals surface area contributed by atoms with Crippen molar-refractivity contribution in [3.8, 4) is 5.75 Å². The van der Waals surface area contributed by atoms with Crippen molar-refractivity contribution in [3.63, 3.8) is 0 Å². The standard InChI is InChI=1S/C16H14ClF3N2O2S/c17-12-2-1-10-3-6-22(15(23)16(18,19)20)7-4-11(10)14(12)24-9-13-21-5-8-25-13/h1-2,5,8H,3-4,6-7,9H2. The fourth-order valence-corrected chi connectivity index (χ4v) is 3.52. The van der Waals surface area contributed by atoms with Gasteiger partial charge in [-0.2, -0.15) is 13.2 Å². The van der Waals surface area contributed by atoms with Crippen molar-refractivity contribution >= 4 is 28.8 Å². The molecule has 0 fully saturated rings. The van der Waals surface area contributed by atoms with E-state index in [4.69, 9.17) is 16.3 Å². The minimum absolute atomic E-state index is 0.0128. The van der Waals surface area contributed by atoms with Crippen molar-refractivity contribution in [1.29, 1.82) is 0 Å². The van der Waals surface area contributed by atoms with Crippen molar-refractivity contribution in [1.82, 2.24) is 9.88 Å². The van der Waals surface area contributed by atoms with Crippen LogP contribution in [-0.2, 0) is 24.2 Å². The molecular formula is C16H14ClF3N2O2S. The van der Waals surface area contributed by atoms with Crippen LogP contribution in [0, 0.1) is 0 Å². The van der Waals surface area contributed by atoms with E-state index < -0.39 is 12.1 Å². The highest BCUT2D eigenvalue weighted by molar-refractivity contribution is 7.09. The molecule has 2 aromatic rings. The van der Waals surface area contributed by atoms with Crippen molar-refractivity contribution in [2.45, 2.75) is 25.6 Å². The van der Waals surface area contributed by atoms with E-state index in [1.807, 2.05) is 5.38 Å². The first-order valence-electron chi connectivity index (χ1n) is 7.54. The maximum absolute atomic E-state index is 12.7. The van der Waals surface area contributed by atoms with Gasteiger partial charge in [-0.15, -0.1) is 11.3 Å². The van der Waals surface area contributed by atoms with E-state index in [1.165, 1.54) is 11.3 Å². The first-order chi connectivity index (χ1) is 11.9. The number of carbonyl (C=O) groups is 1. The van der Waals surface area contributed by atoms with Gasteiger partial charge in [0.25, 0.3) is 0 Å². The number of fused-ring (bicyclic) bond motifs is 1. The summed E-state index contributed by atoms with van der Waals surface area (Å²) in [6, 6.07) is 3.44. The fraction of sp³-hybridized carbons (Fsp3) is 0.375. The second-order valence-corrected chi connectivity index (χ2v) is 6.90. The Labute approximate surface area is 151 Å². The molecule has 1 aromatic carbocycles. The Morgan fingerprint density at radius 3 is 2.76 bits per heavy atom. The lowest BCUT2D eigenvalue weighted by Gasteiger charge is -2.21. The number of hydrogen-bond acceptors (Lipinski definition) is 4. The second-order valence-electron chi connectivity index (χ2n) is 5.52. The lowest BCUT2D eigenvalue weighted by atomic mass is 10.0. The Kier molecular flexibility index (Phi) is 5.19. The van der Waals surface area contributed by atoms with Crippen molar-refractivity contribution in [2.75, 3.05) is 13.1 Å². The average Bonchev–Trinajstić information content (AvgIpc) is 2.98. The highest BCUT2D eigenvalue weighted by atomic mass is 35.5. The molecule has 4 nitrogen and oxygen atoms in total. The third kappa shape index (κ3) is 4.07. The quantitative estimate of drug-likeness (QED) is 0.799. The number of carbonyl (C=O) groups excluding carboxylic acids is 1. The van der Waals surface area contributed by atoms with Crippen molar-refractivity contribution in [3.05, 3.63) is 44.9 Å². The molecule has 0 radical (unpaired) electrons. The summed E-state index contributed by atoms with van der Waals surface area (Å²) >= 11 is 7.66. The van der Waals surface area contributed by atoms with Gasteiger partial charge in [-0.3, -0.25) is 4.79 Å². The summed E-state index contributed by atoms with van der Waals surface area (Å²) in [5.74, 6) is -1.35. The molecule has 0 spiro atoms. The molecule has 2 heterocycles. The van der Waals surface area contributed by atoms with Crippen LogP contribution in [0.15, 0.2) is 23.7 Å². The third-order valence-electron chi connectivity index (χ3n) is 3.95. The normalized spacial score (nSPS) is 14.8. The predicted molar refractivity (Wildman–Crippen MR) is 87.9 cm³/mol. The van der Waals surface area contributed by atoms with Crippen LogP contribution < -0.4 is 4.74 Å². The van der Waals surface area contributed by atoms with Gasteiger partial charge in [0.05, 0.1) is 5.02 Å². The summed E-state index contributed by atoms with van der Waals surface area (Å²) in [5, 5.41) is 2.99. The molecular weight excluding hydrogens is 377 g/mol. The Morgan fingerprint density at radius 2 is 2.08 bits per heavy atom. The summed E-state index contributed by atoms with van der Waals surface area (Å²) in [6.45, 7) is 0.219. The highest BCUT2D eigenvalue weighted by Gasteiger charge is 2.42. The van der Waals surface area contributed by atoms with Gasteiger partial charge >= 0.3 is 12.1 Å². The van der Waals surface area contributed by atoms with Gasteiger partial charge in [-0.05, 0) is 24.5 Å². The van der Waals surface area contributed by atoms with Gasteiger partial charge < -0.3 is 9.64 Å². The van der Waals surface area contributed by atoms with E-state index in [0.717, 1.165) is 21.0 Å². The zero-order valence-corrected chi connectivity index (χ0v) is 14.5. The first kappa shape index (κ1) is 18.0. The Hall–Kier alpha value is -1.80. The van der Waals surface area contributed by atoms with Crippen LogP contribution in [0.25, 0.3) is 0 Å². The van der Waals surface area contributed by atoms with Gasteiger partial charge in [0, 0.05) is 30.2 Å². The number of amides is 1. The molecule has 1 aliphatic rings. The Bertz CT molecular complexity index is 765. The van der Waals surface area contributed by atoms with Gasteiger partial charge in [0.15, 0.2) is 0 Å². The average molecular weight is 391 g/mol. The van der Waals surface area contributed by atoms with E-state index >= 15 is 0 Å². The molecule has 0 atom stereocenters. The Morgan fingerprint density at radius 1 is 1.32 bits per heavy atom. The molecule has 0 N–H and O–H groups in total. The molecule has 0 bridgehead atoms. The molecule has 1 amide bonds. The van der Waals surface area contributed by atoms with Gasteiger partial charge in [0.1, 0.15) is 17.4 Å². The van der Waals surface area contributed by atoms with Crippen molar-refractivity contribution in [2.24, 2.45) is 0 Å². The SMILES string of the molecule is O=C(N1CCc2ccc(Cl)c(OCc3nccs3)c2CC1)C(F)(F)F. The van der Waals surface area contributed by atoms with E-state index in [1.54, 1.807) is 18.3 Å². The van der Waals surface area contributed by atoms with Gasteiger partial charge in [-0.1, -0.05) is 17.7 Å². The maximum Gasteiger partial charge on any atom is 0.471 e. The minimum atomic E-state index is -4.86. The highest BCUT2D eigenvalue weighted by Crippen LogP contribution is 2.35. The van der Waals surface area contributed by atoms with Crippen LogP contribution in [0.5, 0.6) is 5.75 Å². The molecule has 0 saturated carbocycles. The monoisotopic (exact) mass is 390 g/mol. The van der Waals surface area contributed by atoms with Crippen LogP contribution in [-0.4, -0.2) is 35.1 Å². The smallest absolute Gasteiger partial charge is 0.471 e. The van der Waals surface area contributed by atoms with Crippen LogP contribution in [0.1, 0.15) is 16.1 Å². The number of hydrogen-bond donors (Lipinski definition) is 0. The number of alkyl halides is 3. The molecule has 1 aliphatic heterocycles. The van der Waals surface area contributed by atoms with E-state index in [9.17, 15) is 18.0 Å². The van der Waals surface area contributed by atoms with Crippen LogP contribution in [0.3, 0.4) is 0 Å². The molecule has 3 rings (SSSR count). The summed E-state index contributed by atoms with van der Waals surface area (Å²) < 4.78 is 43.8. The summed E-state index contributed by atoms with van der Waals surface area (Å²) in [4.78, 5) is 16.5. The summed E-state index contributed by atoms with van der Waals surface area (Å²) in [6.07, 6.45) is -2.62. The van der Waals surface area contributed by atoms with Crippen LogP contribution >= 0.6 is 22.9 Å². The van der Waals surface area contributed by atoms with Gasteiger partial charge in [0.2, 0.25) is 0 Å². The number of rotatable bonds is 3. The second kappa shape index (κ2) is 7.21. The van der Waals surface area contributed by atoms with E-state index in [0.29, 0.717) is 17.2 Å². The summed E-state index contributed by atoms with van der Waals surface area (Å²) in [5.41, 5.74) is 1.59. The zero-order chi connectivity index (χ0) is 18.0. The van der Waals surface area contributed by atoms with Crippen LogP contribution in [0.2, 0.25) is 5.02 Å². The number of thiazole rings is 1. The number of aromatic nitrogens is 1. The fourth-order valence-electron chi connectivity index (χ4n) is 2.76. The first-order valence-corrected chi connectivity index (χ1v) is 8.79. The molecule has 0 aliphatic carbocycles. The number of halogens is 4. The largest absolute Gasteiger partial charge is 0.485 e. The lowest BCUT2D eigenvalue weighted by molar-refractivity contribution is -0.185. The maximum atomic E-state index is 12.7. The minimum Gasteiger partial charge on any atom is -0.485 e. The zero-order valence-electron chi connectivity index (χ0n) is 13.0.